The quantitative estimate of drug-likeness (QED) is 0.499. The first-order chi connectivity index (χ1) is 19.0. The highest BCUT2D eigenvalue weighted by molar-refractivity contribution is 5.97. The minimum atomic E-state index is -0.709. The molecule has 39 heavy (non-hydrogen) atoms. The molecule has 1 atom stereocenters. The Labute approximate surface area is 227 Å². The molecule has 2 aromatic carbocycles. The van der Waals surface area contributed by atoms with Crippen molar-refractivity contribution in [2.24, 2.45) is 0 Å². The number of benzene rings is 2. The van der Waals surface area contributed by atoms with Gasteiger partial charge in [-0.3, -0.25) is 9.69 Å². The van der Waals surface area contributed by atoms with E-state index >= 15 is 4.39 Å². The third-order valence-electron chi connectivity index (χ3n) is 7.84. The minimum absolute atomic E-state index is 0.0179. The predicted octanol–water partition coefficient (Wildman–Crippen LogP) is 2.88. The van der Waals surface area contributed by atoms with Crippen molar-refractivity contribution in [3.63, 3.8) is 0 Å². The van der Waals surface area contributed by atoms with Crippen molar-refractivity contribution in [1.29, 1.82) is 0 Å². The van der Waals surface area contributed by atoms with Gasteiger partial charge in [0.1, 0.15) is 11.4 Å². The van der Waals surface area contributed by atoms with Crippen LogP contribution in [-0.2, 0) is 22.4 Å². The lowest BCUT2D eigenvalue weighted by Crippen LogP contribution is -2.37. The van der Waals surface area contributed by atoms with Crippen molar-refractivity contribution in [1.82, 2.24) is 20.2 Å². The molecule has 6 rings (SSSR count). The van der Waals surface area contributed by atoms with E-state index in [0.717, 1.165) is 56.0 Å². The Morgan fingerprint density at radius 1 is 1.10 bits per heavy atom. The van der Waals surface area contributed by atoms with Crippen molar-refractivity contribution < 1.29 is 18.7 Å². The molecule has 3 aliphatic rings. The number of rotatable bonds is 6. The molecule has 3 aliphatic heterocycles. The SMILES string of the molecule is CO[C@@H]1CCN(Cc2cc(-c3nc(-c4ccc5c(c4)CCNC5=O)c(N)nc3F)ccc2N2CCOCC2)C1. The number of hydrogen-bond donors (Lipinski definition) is 2. The lowest BCUT2D eigenvalue weighted by atomic mass is 9.96. The minimum Gasteiger partial charge on any atom is -0.382 e. The Morgan fingerprint density at radius 3 is 2.69 bits per heavy atom. The number of carbonyl (C=O) groups is 1. The van der Waals surface area contributed by atoms with E-state index in [0.29, 0.717) is 48.6 Å². The van der Waals surface area contributed by atoms with E-state index in [1.165, 1.54) is 0 Å². The van der Waals surface area contributed by atoms with Crippen molar-refractivity contribution in [3.8, 4) is 22.5 Å². The van der Waals surface area contributed by atoms with E-state index < -0.39 is 5.95 Å². The second kappa shape index (κ2) is 10.9. The van der Waals surface area contributed by atoms with Crippen LogP contribution in [0.25, 0.3) is 22.5 Å². The van der Waals surface area contributed by atoms with Gasteiger partial charge in [-0.15, -0.1) is 0 Å². The van der Waals surface area contributed by atoms with Crippen LogP contribution < -0.4 is 16.0 Å². The number of halogens is 1. The average Bonchev–Trinajstić information content (AvgIpc) is 3.41. The zero-order valence-electron chi connectivity index (χ0n) is 22.1. The maximum absolute atomic E-state index is 15.3. The summed E-state index contributed by atoms with van der Waals surface area (Å²) in [5, 5.41) is 2.85. The van der Waals surface area contributed by atoms with E-state index in [-0.39, 0.29) is 23.5 Å². The topological polar surface area (TPSA) is 106 Å². The van der Waals surface area contributed by atoms with E-state index in [1.54, 1.807) is 19.2 Å². The van der Waals surface area contributed by atoms with E-state index in [1.807, 2.05) is 18.2 Å². The van der Waals surface area contributed by atoms with Crippen LogP contribution >= 0.6 is 0 Å². The number of carbonyl (C=O) groups excluding carboxylic acids is 1. The van der Waals surface area contributed by atoms with Gasteiger partial charge in [0.15, 0.2) is 5.82 Å². The number of nitrogen functional groups attached to an aromatic ring is 1. The van der Waals surface area contributed by atoms with Crippen LogP contribution in [0.2, 0.25) is 0 Å². The monoisotopic (exact) mass is 532 g/mol. The summed E-state index contributed by atoms with van der Waals surface area (Å²) < 4.78 is 26.4. The lowest BCUT2D eigenvalue weighted by molar-refractivity contribution is 0.0946. The van der Waals surface area contributed by atoms with Crippen LogP contribution in [0.4, 0.5) is 15.9 Å². The summed E-state index contributed by atoms with van der Waals surface area (Å²) in [6, 6.07) is 11.4. The number of amides is 1. The second-order valence-corrected chi connectivity index (χ2v) is 10.3. The van der Waals surface area contributed by atoms with Gasteiger partial charge in [-0.2, -0.15) is 9.37 Å². The molecule has 2 saturated heterocycles. The van der Waals surface area contributed by atoms with Gasteiger partial charge in [-0.25, -0.2) is 4.98 Å². The Hall–Kier alpha value is -3.60. The molecule has 1 aromatic heterocycles. The summed E-state index contributed by atoms with van der Waals surface area (Å²) in [5.41, 5.74) is 11.9. The molecule has 1 amide bonds. The highest BCUT2D eigenvalue weighted by Gasteiger charge is 2.25. The number of anilines is 2. The molecule has 0 saturated carbocycles. The van der Waals surface area contributed by atoms with Crippen LogP contribution in [0.5, 0.6) is 0 Å². The standard InChI is InChI=1S/C29H33FN6O3/c1-38-22-7-9-35(17-22)16-21-15-19(3-5-24(21)36-10-12-39-13-11-36)25-27(30)34-28(31)26(33-25)20-2-4-23-18(14-20)6-8-32-29(23)37/h2-5,14-15,22H,6-13,16-17H2,1H3,(H2,31,34)(H,32,37)/t22-/m1/s1. The smallest absolute Gasteiger partial charge is 0.251 e. The number of nitrogens with one attached hydrogen (secondary N) is 1. The molecule has 2 fully saturated rings. The maximum atomic E-state index is 15.3. The van der Waals surface area contributed by atoms with Crippen LogP contribution in [0.15, 0.2) is 36.4 Å². The molecule has 9 nitrogen and oxygen atoms in total. The van der Waals surface area contributed by atoms with Gasteiger partial charge in [-0.05, 0) is 48.2 Å². The van der Waals surface area contributed by atoms with Gasteiger partial charge in [-0.1, -0.05) is 12.1 Å². The molecule has 4 heterocycles. The van der Waals surface area contributed by atoms with Gasteiger partial charge in [0, 0.05) is 68.8 Å². The summed E-state index contributed by atoms with van der Waals surface area (Å²) in [5.74, 6) is -0.784. The fraction of sp³-hybridized carbons (Fsp3) is 0.414. The molecular weight excluding hydrogens is 499 g/mol. The summed E-state index contributed by atoms with van der Waals surface area (Å²) in [4.78, 5) is 25.6. The summed E-state index contributed by atoms with van der Waals surface area (Å²) >= 11 is 0. The van der Waals surface area contributed by atoms with Gasteiger partial charge < -0.3 is 25.4 Å². The molecule has 0 unspecified atom stereocenters. The molecule has 204 valence electrons. The number of hydrogen-bond acceptors (Lipinski definition) is 8. The number of nitrogens with two attached hydrogens (primary N) is 1. The average molecular weight is 533 g/mol. The van der Waals surface area contributed by atoms with E-state index in [4.69, 9.17) is 20.2 Å². The number of likely N-dealkylation sites (tertiary alicyclic amines) is 1. The molecule has 0 aliphatic carbocycles. The van der Waals surface area contributed by atoms with Crippen LogP contribution in [-0.4, -0.2) is 79.9 Å². The van der Waals surface area contributed by atoms with Crippen LogP contribution in [0.3, 0.4) is 0 Å². The van der Waals surface area contributed by atoms with Crippen LogP contribution in [0, 0.1) is 5.95 Å². The van der Waals surface area contributed by atoms with Crippen molar-refractivity contribution in [3.05, 3.63) is 59.0 Å². The number of fused-ring (bicyclic) bond motifs is 1. The van der Waals surface area contributed by atoms with Gasteiger partial charge in [0.05, 0.1) is 19.3 Å². The summed E-state index contributed by atoms with van der Waals surface area (Å²) in [7, 11) is 1.76. The molecule has 10 heteroatoms. The van der Waals surface area contributed by atoms with E-state index in [9.17, 15) is 4.79 Å². The third-order valence-corrected chi connectivity index (χ3v) is 7.84. The number of ether oxygens (including phenoxy) is 2. The molecule has 0 spiro atoms. The lowest BCUT2D eigenvalue weighted by Gasteiger charge is -2.32. The number of morpholine rings is 1. The Morgan fingerprint density at radius 2 is 1.90 bits per heavy atom. The molecule has 0 bridgehead atoms. The number of nitrogens with zero attached hydrogens (tertiary/aromatic N) is 4. The second-order valence-electron chi connectivity index (χ2n) is 10.3. The number of aromatic nitrogens is 2. The van der Waals surface area contributed by atoms with Crippen LogP contribution in [0.1, 0.15) is 27.9 Å². The Balaban J connectivity index is 1.38. The summed E-state index contributed by atoms with van der Waals surface area (Å²) in [6.07, 6.45) is 1.93. The Kier molecular flexibility index (Phi) is 7.16. The van der Waals surface area contributed by atoms with Gasteiger partial charge in [0.2, 0.25) is 5.95 Å². The van der Waals surface area contributed by atoms with E-state index in [2.05, 4.69) is 26.2 Å². The zero-order valence-corrected chi connectivity index (χ0v) is 22.1. The van der Waals surface area contributed by atoms with Gasteiger partial charge in [0.25, 0.3) is 5.91 Å². The summed E-state index contributed by atoms with van der Waals surface area (Å²) in [6.45, 7) is 6.09. The molecule has 3 aromatic rings. The van der Waals surface area contributed by atoms with Gasteiger partial charge >= 0.3 is 0 Å². The van der Waals surface area contributed by atoms with Crippen molar-refractivity contribution in [2.75, 3.05) is 63.7 Å². The first-order valence-electron chi connectivity index (χ1n) is 13.5. The first-order valence-corrected chi connectivity index (χ1v) is 13.5. The maximum Gasteiger partial charge on any atom is 0.251 e. The highest BCUT2D eigenvalue weighted by Crippen LogP contribution is 2.33. The number of methoxy groups -OCH3 is 1. The molecular formula is C29H33FN6O3. The zero-order chi connectivity index (χ0) is 26.9. The fourth-order valence-electron chi connectivity index (χ4n) is 5.74. The molecule has 3 N–H and O–H groups in total. The molecule has 0 radical (unpaired) electrons. The normalized spacial score (nSPS) is 19.7. The Bertz CT molecular complexity index is 1390. The van der Waals surface area contributed by atoms with Crippen molar-refractivity contribution in [2.45, 2.75) is 25.5 Å². The first kappa shape index (κ1) is 25.7. The fourth-order valence-corrected chi connectivity index (χ4v) is 5.74. The third kappa shape index (κ3) is 5.19. The largest absolute Gasteiger partial charge is 0.382 e. The van der Waals surface area contributed by atoms with Crippen molar-refractivity contribution >= 4 is 17.4 Å². The highest BCUT2D eigenvalue weighted by atomic mass is 19.1. The predicted molar refractivity (Wildman–Crippen MR) is 147 cm³/mol.